The van der Waals surface area contributed by atoms with Gasteiger partial charge in [0.15, 0.2) is 5.82 Å². The van der Waals surface area contributed by atoms with Gasteiger partial charge in [0.1, 0.15) is 22.7 Å². The lowest BCUT2D eigenvalue weighted by Crippen LogP contribution is -2.51. The summed E-state index contributed by atoms with van der Waals surface area (Å²) in [4.78, 5) is 25.8. The number of fused-ring (bicyclic) bond motifs is 1. The first-order chi connectivity index (χ1) is 12.9. The first-order valence-electron chi connectivity index (χ1n) is 8.84. The molecule has 2 aromatic rings. The molecule has 1 aliphatic carbocycles. The van der Waals surface area contributed by atoms with Crippen molar-refractivity contribution in [3.63, 3.8) is 0 Å². The molecule has 1 aromatic carbocycles. The summed E-state index contributed by atoms with van der Waals surface area (Å²) in [7, 11) is 2.18. The molecular weight excluding hydrogens is 364 g/mol. The molecule has 2 atom stereocenters. The number of nitrogens with two attached hydrogens (primary N) is 1. The Morgan fingerprint density at radius 3 is 2.59 bits per heavy atom. The number of hydrogen-bond donors (Lipinski definition) is 2. The number of hydrogen-bond acceptors (Lipinski definition) is 6. The molecule has 1 fully saturated rings. The van der Waals surface area contributed by atoms with E-state index in [0.717, 1.165) is 17.9 Å². The fourth-order valence-electron chi connectivity index (χ4n) is 3.31. The number of aromatic nitrogens is 2. The number of carbonyl (C=O) groups excluding carboxylic acids is 1. The highest BCUT2D eigenvalue weighted by Crippen LogP contribution is 2.40. The van der Waals surface area contributed by atoms with Gasteiger partial charge in [0.2, 0.25) is 11.9 Å². The topological polar surface area (TPSA) is 104 Å². The molecule has 0 bridgehead atoms. The van der Waals surface area contributed by atoms with E-state index < -0.39 is 11.0 Å². The molecule has 8 nitrogen and oxygen atoms in total. The van der Waals surface area contributed by atoms with Crippen LogP contribution in [0.3, 0.4) is 0 Å². The highest BCUT2D eigenvalue weighted by atomic mass is 32.2. The molecule has 3 N–H and O–H groups in total. The minimum atomic E-state index is -1.50. The maximum Gasteiger partial charge on any atom is 0.249 e. The van der Waals surface area contributed by atoms with E-state index in [1.54, 1.807) is 42.4 Å². The second kappa shape index (κ2) is 6.90. The Hall–Kier alpha value is -2.52. The van der Waals surface area contributed by atoms with Crippen molar-refractivity contribution in [2.45, 2.75) is 30.2 Å². The molecule has 1 amide bonds. The zero-order valence-electron chi connectivity index (χ0n) is 15.3. The number of nitrogens with one attached hydrogen (secondary N) is 1. The van der Waals surface area contributed by atoms with E-state index in [4.69, 9.17) is 5.14 Å². The van der Waals surface area contributed by atoms with Gasteiger partial charge in [0.25, 0.3) is 0 Å². The van der Waals surface area contributed by atoms with Gasteiger partial charge in [-0.05, 0) is 36.6 Å². The smallest absolute Gasteiger partial charge is 0.249 e. The van der Waals surface area contributed by atoms with Crippen LogP contribution in [-0.2, 0) is 15.8 Å². The summed E-state index contributed by atoms with van der Waals surface area (Å²) in [5.41, 5.74) is 1.47. The molecule has 27 heavy (non-hydrogen) atoms. The van der Waals surface area contributed by atoms with Gasteiger partial charge < -0.3 is 15.1 Å². The number of amides is 1. The summed E-state index contributed by atoms with van der Waals surface area (Å²) in [6, 6.07) is 6.76. The maximum atomic E-state index is 12.7. The Morgan fingerprint density at radius 2 is 1.96 bits per heavy atom. The molecule has 0 radical (unpaired) electrons. The maximum absolute atomic E-state index is 12.7. The van der Waals surface area contributed by atoms with E-state index in [2.05, 4.69) is 15.3 Å². The Bertz CT molecular complexity index is 899. The van der Waals surface area contributed by atoms with E-state index in [-0.39, 0.29) is 11.9 Å². The summed E-state index contributed by atoms with van der Waals surface area (Å²) < 4.78 is 11.3. The number of benzene rings is 1. The molecule has 2 heterocycles. The Morgan fingerprint density at radius 1 is 1.26 bits per heavy atom. The van der Waals surface area contributed by atoms with Crippen LogP contribution in [0.5, 0.6) is 0 Å². The fourth-order valence-corrected chi connectivity index (χ4v) is 3.71. The van der Waals surface area contributed by atoms with Gasteiger partial charge in [-0.25, -0.2) is 14.3 Å². The van der Waals surface area contributed by atoms with Crippen molar-refractivity contribution < 1.29 is 9.00 Å². The quantitative estimate of drug-likeness (QED) is 0.812. The summed E-state index contributed by atoms with van der Waals surface area (Å²) in [6.07, 6.45) is 4.93. The SMILES string of the molecule is CN1C(=O)C(CC2CC2)N(C)c2nc(Nc3ccc(S(N)=O)cc3)ncc21. The Kier molecular flexibility index (Phi) is 4.56. The Balaban J connectivity index is 1.59. The van der Waals surface area contributed by atoms with Crippen LogP contribution in [0, 0.1) is 5.92 Å². The first kappa shape index (κ1) is 17.9. The standard InChI is InChI=1S/C18H22N6O2S/c1-23-14(9-11-3-4-11)17(25)24(2)15-10-20-18(22-16(15)23)21-12-5-7-13(8-6-12)27(19)26/h5-8,10-11,14H,3-4,9,19H2,1-2H3,(H,20,21,22). The highest BCUT2D eigenvalue weighted by molar-refractivity contribution is 7.82. The van der Waals surface area contributed by atoms with Gasteiger partial charge in [0, 0.05) is 19.8 Å². The normalized spacial score (nSPS) is 20.4. The van der Waals surface area contributed by atoms with Crippen molar-refractivity contribution in [3.05, 3.63) is 30.5 Å². The van der Waals surface area contributed by atoms with Crippen LogP contribution in [0.2, 0.25) is 0 Å². The largest absolute Gasteiger partial charge is 0.346 e. The monoisotopic (exact) mass is 386 g/mol. The van der Waals surface area contributed by atoms with Crippen LogP contribution < -0.4 is 20.3 Å². The van der Waals surface area contributed by atoms with E-state index in [1.165, 1.54) is 12.8 Å². The lowest BCUT2D eigenvalue weighted by atomic mass is 10.0. The molecule has 9 heteroatoms. The molecule has 142 valence electrons. The molecule has 1 aliphatic heterocycles. The molecule has 1 aromatic heterocycles. The van der Waals surface area contributed by atoms with Crippen molar-refractivity contribution in [2.75, 3.05) is 29.2 Å². The van der Waals surface area contributed by atoms with Gasteiger partial charge >= 0.3 is 0 Å². The average molecular weight is 386 g/mol. The van der Waals surface area contributed by atoms with Crippen molar-refractivity contribution in [2.24, 2.45) is 11.1 Å². The molecule has 0 spiro atoms. The Labute approximate surface area is 160 Å². The highest BCUT2D eigenvalue weighted by Gasteiger charge is 2.39. The van der Waals surface area contributed by atoms with Crippen LogP contribution in [0.25, 0.3) is 0 Å². The van der Waals surface area contributed by atoms with Gasteiger partial charge in [-0.1, -0.05) is 12.8 Å². The van der Waals surface area contributed by atoms with Gasteiger partial charge in [-0.2, -0.15) is 4.98 Å². The fraction of sp³-hybridized carbons (Fsp3) is 0.389. The van der Waals surface area contributed by atoms with Crippen LogP contribution in [0.1, 0.15) is 19.3 Å². The second-order valence-corrected chi connectivity index (χ2v) is 8.12. The molecule has 1 saturated carbocycles. The number of nitrogens with zero attached hydrogens (tertiary/aromatic N) is 4. The first-order valence-corrected chi connectivity index (χ1v) is 10.1. The third-order valence-electron chi connectivity index (χ3n) is 5.12. The number of anilines is 4. The number of carbonyl (C=O) groups is 1. The minimum Gasteiger partial charge on any atom is -0.346 e. The zero-order valence-corrected chi connectivity index (χ0v) is 16.1. The van der Waals surface area contributed by atoms with Crippen molar-refractivity contribution >= 4 is 40.0 Å². The lowest BCUT2D eigenvalue weighted by Gasteiger charge is -2.38. The number of likely N-dealkylation sites (N-methyl/N-ethyl adjacent to an activating group) is 2. The molecule has 2 aliphatic rings. The summed E-state index contributed by atoms with van der Waals surface area (Å²) in [5, 5.41) is 8.52. The summed E-state index contributed by atoms with van der Waals surface area (Å²) in [5.74, 6) is 1.91. The molecule has 4 rings (SSSR count). The van der Waals surface area contributed by atoms with E-state index in [1.807, 2.05) is 11.9 Å². The van der Waals surface area contributed by atoms with Crippen molar-refractivity contribution in [3.8, 4) is 0 Å². The van der Waals surface area contributed by atoms with Crippen LogP contribution in [0.15, 0.2) is 35.4 Å². The second-order valence-electron chi connectivity index (χ2n) is 7.05. The van der Waals surface area contributed by atoms with Crippen LogP contribution >= 0.6 is 0 Å². The molecule has 2 unspecified atom stereocenters. The van der Waals surface area contributed by atoms with Crippen LogP contribution in [0.4, 0.5) is 23.1 Å². The zero-order chi connectivity index (χ0) is 19.1. The average Bonchev–Trinajstić information content (AvgIpc) is 3.48. The van der Waals surface area contributed by atoms with E-state index >= 15 is 0 Å². The summed E-state index contributed by atoms with van der Waals surface area (Å²) >= 11 is 0. The predicted molar refractivity (Wildman–Crippen MR) is 105 cm³/mol. The third kappa shape index (κ3) is 3.52. The van der Waals surface area contributed by atoms with Gasteiger partial charge in [-0.3, -0.25) is 4.79 Å². The van der Waals surface area contributed by atoms with E-state index in [9.17, 15) is 9.00 Å². The van der Waals surface area contributed by atoms with Gasteiger partial charge in [0.05, 0.1) is 11.1 Å². The molecular formula is C18H22N6O2S. The molecule has 0 saturated heterocycles. The summed E-state index contributed by atoms with van der Waals surface area (Å²) in [6.45, 7) is 0. The lowest BCUT2D eigenvalue weighted by molar-refractivity contribution is -0.120. The van der Waals surface area contributed by atoms with Crippen LogP contribution in [-0.4, -0.2) is 40.2 Å². The minimum absolute atomic E-state index is 0.0894. The van der Waals surface area contributed by atoms with Crippen molar-refractivity contribution in [1.82, 2.24) is 9.97 Å². The predicted octanol–water partition coefficient (Wildman–Crippen LogP) is 1.78. The number of rotatable bonds is 5. The third-order valence-corrected chi connectivity index (χ3v) is 5.86. The van der Waals surface area contributed by atoms with E-state index in [0.29, 0.717) is 22.4 Å². The van der Waals surface area contributed by atoms with Crippen molar-refractivity contribution in [1.29, 1.82) is 0 Å². The van der Waals surface area contributed by atoms with Gasteiger partial charge in [-0.15, -0.1) is 0 Å².